The van der Waals surface area contributed by atoms with Crippen molar-refractivity contribution in [1.29, 1.82) is 0 Å². The molecule has 3 nitrogen and oxygen atoms in total. The first kappa shape index (κ1) is 11.8. The Morgan fingerprint density at radius 1 is 1.06 bits per heavy atom. The molecule has 1 aromatic carbocycles. The first-order valence-corrected chi connectivity index (χ1v) is 6.74. The molecule has 1 heterocycles. The van der Waals surface area contributed by atoms with Crippen molar-refractivity contribution in [3.8, 4) is 0 Å². The van der Waals surface area contributed by atoms with Gasteiger partial charge in [0.15, 0.2) is 0 Å². The van der Waals surface area contributed by atoms with Crippen LogP contribution in [-0.2, 0) is 5.60 Å². The smallest absolute Gasteiger partial charge is 0.120 e. The Morgan fingerprint density at radius 3 is 2.22 bits per heavy atom. The minimum absolute atomic E-state index is 0.268. The maximum atomic E-state index is 11.1. The fourth-order valence-corrected chi connectivity index (χ4v) is 2.60. The topological polar surface area (TPSA) is 46.0 Å². The number of hydrogen-bond acceptors (Lipinski definition) is 3. The number of hydrogen-bond donors (Lipinski definition) is 1. The zero-order valence-corrected chi connectivity index (χ0v) is 11.3. The molecule has 18 heavy (non-hydrogen) atoms. The van der Waals surface area contributed by atoms with Crippen molar-refractivity contribution in [3.63, 3.8) is 0 Å². The maximum absolute atomic E-state index is 11.1. The second-order valence-electron chi connectivity index (χ2n) is 4.67. The van der Waals surface area contributed by atoms with Crippen LogP contribution in [0.15, 0.2) is 47.5 Å². The van der Waals surface area contributed by atoms with E-state index in [0.29, 0.717) is 0 Å². The lowest BCUT2D eigenvalue weighted by Crippen LogP contribution is -2.30. The molecule has 4 heteroatoms. The Morgan fingerprint density at radius 2 is 1.67 bits per heavy atom. The first-order valence-electron chi connectivity index (χ1n) is 5.95. The molecule has 1 saturated carbocycles. The van der Waals surface area contributed by atoms with Crippen molar-refractivity contribution in [3.05, 3.63) is 58.6 Å². The van der Waals surface area contributed by atoms with Crippen molar-refractivity contribution < 1.29 is 5.11 Å². The van der Waals surface area contributed by atoms with E-state index in [9.17, 15) is 5.11 Å². The van der Waals surface area contributed by atoms with Crippen LogP contribution in [0.2, 0.25) is 0 Å². The van der Waals surface area contributed by atoms with Gasteiger partial charge in [-0.05, 0) is 36.5 Å². The van der Waals surface area contributed by atoms with E-state index in [1.807, 2.05) is 24.3 Å². The number of rotatable bonds is 3. The minimum atomic E-state index is -0.956. The van der Waals surface area contributed by atoms with Crippen LogP contribution in [0.5, 0.6) is 0 Å². The molecule has 0 radical (unpaired) electrons. The van der Waals surface area contributed by atoms with Gasteiger partial charge in [-0.1, -0.05) is 28.1 Å². The predicted molar refractivity (Wildman–Crippen MR) is 71.9 cm³/mol. The van der Waals surface area contributed by atoms with Crippen molar-refractivity contribution in [2.45, 2.75) is 18.4 Å². The number of halogens is 1. The van der Waals surface area contributed by atoms with Crippen LogP contribution in [0.1, 0.15) is 24.0 Å². The Hall–Kier alpha value is -1.26. The number of benzene rings is 1. The molecule has 0 amide bonds. The Balaban J connectivity index is 2.09. The quantitative estimate of drug-likeness (QED) is 0.948. The molecular weight excluding hydrogens is 292 g/mol. The van der Waals surface area contributed by atoms with E-state index >= 15 is 0 Å². The van der Waals surface area contributed by atoms with E-state index in [-0.39, 0.29) is 5.92 Å². The highest BCUT2D eigenvalue weighted by Gasteiger charge is 2.46. The van der Waals surface area contributed by atoms with Crippen LogP contribution in [0, 0.1) is 5.92 Å². The van der Waals surface area contributed by atoms with Crippen LogP contribution < -0.4 is 0 Å². The zero-order chi connectivity index (χ0) is 12.6. The molecule has 3 rings (SSSR count). The van der Waals surface area contributed by atoms with E-state index in [1.54, 1.807) is 12.4 Å². The van der Waals surface area contributed by atoms with Gasteiger partial charge in [-0.25, -0.2) is 9.97 Å². The average molecular weight is 305 g/mol. The summed E-state index contributed by atoms with van der Waals surface area (Å²) in [5, 5.41) is 11.1. The molecule has 1 fully saturated rings. The highest BCUT2D eigenvalue weighted by Crippen LogP contribution is 2.49. The lowest BCUT2D eigenvalue weighted by Gasteiger charge is -2.28. The van der Waals surface area contributed by atoms with Crippen molar-refractivity contribution >= 4 is 15.9 Å². The monoisotopic (exact) mass is 304 g/mol. The van der Waals surface area contributed by atoms with Crippen LogP contribution in [-0.4, -0.2) is 15.1 Å². The third-order valence-corrected chi connectivity index (χ3v) is 3.98. The molecule has 2 aromatic rings. The molecule has 0 spiro atoms. The highest BCUT2D eigenvalue weighted by molar-refractivity contribution is 9.10. The Kier molecular flexibility index (Phi) is 2.92. The number of nitrogens with zero attached hydrogens (tertiary/aromatic N) is 2. The lowest BCUT2D eigenvalue weighted by atomic mass is 9.83. The molecule has 92 valence electrons. The van der Waals surface area contributed by atoms with Crippen molar-refractivity contribution in [1.82, 2.24) is 9.97 Å². The number of aliphatic hydroxyl groups is 1. The molecule has 1 aliphatic rings. The van der Waals surface area contributed by atoms with Gasteiger partial charge in [0.25, 0.3) is 0 Å². The van der Waals surface area contributed by atoms with E-state index in [1.165, 1.54) is 6.33 Å². The Bertz CT molecular complexity index is 539. The van der Waals surface area contributed by atoms with Crippen LogP contribution >= 0.6 is 15.9 Å². The summed E-state index contributed by atoms with van der Waals surface area (Å²) in [5.41, 5.74) is 0.722. The van der Waals surface area contributed by atoms with Gasteiger partial charge in [0.1, 0.15) is 11.9 Å². The SMILES string of the molecule is O[C@](c1ccc(Br)cc1)(c1cncnc1)C1CC1. The molecule has 1 atom stereocenters. The first-order chi connectivity index (χ1) is 8.71. The second kappa shape index (κ2) is 4.44. The summed E-state index contributed by atoms with van der Waals surface area (Å²) >= 11 is 3.41. The largest absolute Gasteiger partial charge is 0.380 e. The molecule has 1 N–H and O–H groups in total. The third kappa shape index (κ3) is 1.95. The van der Waals surface area contributed by atoms with Gasteiger partial charge >= 0.3 is 0 Å². The van der Waals surface area contributed by atoms with Gasteiger partial charge in [0.05, 0.1) is 0 Å². The molecule has 0 saturated heterocycles. The Labute approximate surface area is 114 Å². The molecule has 1 aliphatic carbocycles. The third-order valence-electron chi connectivity index (χ3n) is 3.45. The molecule has 0 bridgehead atoms. The van der Waals surface area contributed by atoms with Gasteiger partial charge in [-0.3, -0.25) is 0 Å². The summed E-state index contributed by atoms with van der Waals surface area (Å²) < 4.78 is 1.01. The average Bonchev–Trinajstić information content (AvgIpc) is 3.24. The predicted octanol–water partition coefficient (Wildman–Crippen LogP) is 2.89. The molecule has 0 aliphatic heterocycles. The standard InChI is InChI=1S/C14H13BrN2O/c15-13-5-3-11(4-6-13)14(18,10-1-2-10)12-7-16-9-17-8-12/h3-10,18H,1-2H2/t14-/m1/s1. The van der Waals surface area contributed by atoms with Crippen molar-refractivity contribution in [2.75, 3.05) is 0 Å². The van der Waals surface area contributed by atoms with Crippen LogP contribution in [0.4, 0.5) is 0 Å². The molecular formula is C14H13BrN2O. The summed E-state index contributed by atoms with van der Waals surface area (Å²) in [5.74, 6) is 0.268. The summed E-state index contributed by atoms with van der Waals surface area (Å²) in [6.45, 7) is 0. The summed E-state index contributed by atoms with van der Waals surface area (Å²) in [6, 6.07) is 7.81. The van der Waals surface area contributed by atoms with Gasteiger partial charge in [-0.2, -0.15) is 0 Å². The van der Waals surface area contributed by atoms with Gasteiger partial charge in [-0.15, -0.1) is 0 Å². The number of aromatic nitrogens is 2. The summed E-state index contributed by atoms with van der Waals surface area (Å²) in [4.78, 5) is 8.05. The van der Waals surface area contributed by atoms with E-state index < -0.39 is 5.60 Å². The zero-order valence-electron chi connectivity index (χ0n) is 9.75. The summed E-state index contributed by atoms with van der Waals surface area (Å²) in [7, 11) is 0. The second-order valence-corrected chi connectivity index (χ2v) is 5.59. The lowest BCUT2D eigenvalue weighted by molar-refractivity contribution is 0.0557. The fourth-order valence-electron chi connectivity index (χ4n) is 2.34. The van der Waals surface area contributed by atoms with Crippen LogP contribution in [0.25, 0.3) is 0 Å². The van der Waals surface area contributed by atoms with E-state index in [2.05, 4.69) is 25.9 Å². The minimum Gasteiger partial charge on any atom is -0.380 e. The maximum Gasteiger partial charge on any atom is 0.120 e. The van der Waals surface area contributed by atoms with E-state index in [0.717, 1.165) is 28.4 Å². The van der Waals surface area contributed by atoms with Gasteiger partial charge in [0.2, 0.25) is 0 Å². The van der Waals surface area contributed by atoms with E-state index in [4.69, 9.17) is 0 Å². The molecule has 0 unspecified atom stereocenters. The highest BCUT2D eigenvalue weighted by atomic mass is 79.9. The normalized spacial score (nSPS) is 18.3. The summed E-state index contributed by atoms with van der Waals surface area (Å²) in [6.07, 6.45) is 6.97. The van der Waals surface area contributed by atoms with Crippen LogP contribution in [0.3, 0.4) is 0 Å². The fraction of sp³-hybridized carbons (Fsp3) is 0.286. The van der Waals surface area contributed by atoms with Crippen molar-refractivity contribution in [2.24, 2.45) is 5.92 Å². The van der Waals surface area contributed by atoms with Gasteiger partial charge < -0.3 is 5.11 Å². The molecule has 1 aromatic heterocycles. The van der Waals surface area contributed by atoms with Gasteiger partial charge in [0, 0.05) is 22.4 Å².